The van der Waals surface area contributed by atoms with Crippen molar-refractivity contribution in [3.63, 3.8) is 0 Å². The number of aromatic nitrogens is 2. The molecule has 1 aromatic heterocycles. The molecule has 2 aromatic rings. The van der Waals surface area contributed by atoms with E-state index < -0.39 is 0 Å². The summed E-state index contributed by atoms with van der Waals surface area (Å²) in [6.07, 6.45) is 2.93. The first kappa shape index (κ1) is 10.7. The van der Waals surface area contributed by atoms with Crippen LogP contribution >= 0.6 is 0 Å². The summed E-state index contributed by atoms with van der Waals surface area (Å²) < 4.78 is 7.26. The standard InChI is InChI=1S/C13H16N2O/c1-4-11-9-14-13(15(11)2)10-5-7-12(16-3)8-6-10/h5-9H,4H2,1-3H3. The molecule has 1 heterocycles. The number of aryl methyl sites for hydroxylation is 1. The van der Waals surface area contributed by atoms with Crippen LogP contribution in [0.4, 0.5) is 0 Å². The lowest BCUT2D eigenvalue weighted by molar-refractivity contribution is 0.415. The van der Waals surface area contributed by atoms with Crippen LogP contribution < -0.4 is 4.74 Å². The van der Waals surface area contributed by atoms with Crippen molar-refractivity contribution >= 4 is 0 Å². The molecule has 0 fully saturated rings. The lowest BCUT2D eigenvalue weighted by Gasteiger charge is -2.05. The largest absolute Gasteiger partial charge is 0.497 e. The van der Waals surface area contributed by atoms with Gasteiger partial charge in [-0.3, -0.25) is 0 Å². The topological polar surface area (TPSA) is 27.1 Å². The normalized spacial score (nSPS) is 10.4. The van der Waals surface area contributed by atoms with Crippen molar-refractivity contribution in [2.24, 2.45) is 7.05 Å². The molecule has 0 amide bonds. The molecule has 0 bridgehead atoms. The van der Waals surface area contributed by atoms with Gasteiger partial charge in [0.05, 0.1) is 7.11 Å². The lowest BCUT2D eigenvalue weighted by atomic mass is 10.2. The van der Waals surface area contributed by atoms with E-state index in [4.69, 9.17) is 4.74 Å². The highest BCUT2D eigenvalue weighted by Gasteiger charge is 2.07. The van der Waals surface area contributed by atoms with Crippen LogP contribution in [0, 0.1) is 0 Å². The van der Waals surface area contributed by atoms with Crippen molar-refractivity contribution in [2.45, 2.75) is 13.3 Å². The molecule has 1 aromatic carbocycles. The van der Waals surface area contributed by atoms with E-state index in [2.05, 4.69) is 16.5 Å². The Hall–Kier alpha value is -1.77. The van der Waals surface area contributed by atoms with Crippen LogP contribution in [0.5, 0.6) is 5.75 Å². The van der Waals surface area contributed by atoms with Gasteiger partial charge in [0, 0.05) is 24.5 Å². The SMILES string of the molecule is CCc1cnc(-c2ccc(OC)cc2)n1C. The molecular weight excluding hydrogens is 200 g/mol. The zero-order valence-corrected chi connectivity index (χ0v) is 9.90. The van der Waals surface area contributed by atoms with Gasteiger partial charge in [-0.25, -0.2) is 4.98 Å². The summed E-state index contributed by atoms with van der Waals surface area (Å²) in [5, 5.41) is 0. The minimum Gasteiger partial charge on any atom is -0.497 e. The molecule has 3 heteroatoms. The van der Waals surface area contributed by atoms with E-state index in [1.165, 1.54) is 5.69 Å². The molecule has 0 spiro atoms. The minimum atomic E-state index is 0.869. The average molecular weight is 216 g/mol. The van der Waals surface area contributed by atoms with E-state index in [0.29, 0.717) is 0 Å². The zero-order valence-electron chi connectivity index (χ0n) is 9.90. The second kappa shape index (κ2) is 4.39. The highest BCUT2D eigenvalue weighted by atomic mass is 16.5. The van der Waals surface area contributed by atoms with Crippen LogP contribution in [0.25, 0.3) is 11.4 Å². The summed E-state index contributed by atoms with van der Waals surface area (Å²) >= 11 is 0. The number of hydrogen-bond acceptors (Lipinski definition) is 2. The minimum absolute atomic E-state index is 0.869. The number of hydrogen-bond donors (Lipinski definition) is 0. The smallest absolute Gasteiger partial charge is 0.139 e. The maximum atomic E-state index is 5.13. The Morgan fingerprint density at radius 1 is 1.25 bits per heavy atom. The molecular formula is C13H16N2O. The number of rotatable bonds is 3. The summed E-state index contributed by atoms with van der Waals surface area (Å²) in [5.74, 6) is 1.87. The third kappa shape index (κ3) is 1.81. The van der Waals surface area contributed by atoms with Crippen LogP contribution in [0.15, 0.2) is 30.5 Å². The Labute approximate surface area is 95.7 Å². The van der Waals surface area contributed by atoms with Gasteiger partial charge in [-0.1, -0.05) is 6.92 Å². The van der Waals surface area contributed by atoms with Crippen LogP contribution in [-0.2, 0) is 13.5 Å². The Morgan fingerprint density at radius 3 is 2.44 bits per heavy atom. The maximum Gasteiger partial charge on any atom is 0.139 e. The molecule has 3 nitrogen and oxygen atoms in total. The van der Waals surface area contributed by atoms with Crippen LogP contribution in [-0.4, -0.2) is 16.7 Å². The summed E-state index contributed by atoms with van der Waals surface area (Å²) in [6, 6.07) is 7.96. The Balaban J connectivity index is 2.38. The number of methoxy groups -OCH3 is 1. The van der Waals surface area contributed by atoms with Crippen LogP contribution in [0.3, 0.4) is 0 Å². The zero-order chi connectivity index (χ0) is 11.5. The van der Waals surface area contributed by atoms with Gasteiger partial charge < -0.3 is 9.30 Å². The molecule has 0 aliphatic carbocycles. The summed E-state index contributed by atoms with van der Waals surface area (Å²) in [6.45, 7) is 2.13. The predicted octanol–water partition coefficient (Wildman–Crippen LogP) is 2.66. The third-order valence-electron chi connectivity index (χ3n) is 2.79. The highest BCUT2D eigenvalue weighted by molar-refractivity contribution is 5.57. The van der Waals surface area contributed by atoms with E-state index in [-0.39, 0.29) is 0 Å². The molecule has 16 heavy (non-hydrogen) atoms. The van der Waals surface area contributed by atoms with Gasteiger partial charge in [0.15, 0.2) is 0 Å². The van der Waals surface area contributed by atoms with E-state index in [1.807, 2.05) is 37.5 Å². The monoisotopic (exact) mass is 216 g/mol. The third-order valence-corrected chi connectivity index (χ3v) is 2.79. The summed E-state index contributed by atoms with van der Waals surface area (Å²) in [5.41, 5.74) is 2.36. The highest BCUT2D eigenvalue weighted by Crippen LogP contribution is 2.21. The molecule has 0 N–H and O–H groups in total. The van der Waals surface area contributed by atoms with Crippen molar-refractivity contribution in [3.05, 3.63) is 36.2 Å². The number of benzene rings is 1. The van der Waals surface area contributed by atoms with Gasteiger partial charge >= 0.3 is 0 Å². The number of ether oxygens (including phenoxy) is 1. The predicted molar refractivity (Wildman–Crippen MR) is 64.6 cm³/mol. The second-order valence-corrected chi connectivity index (χ2v) is 3.71. The summed E-state index contributed by atoms with van der Waals surface area (Å²) in [7, 11) is 3.72. The van der Waals surface area contributed by atoms with E-state index >= 15 is 0 Å². The molecule has 84 valence electrons. The molecule has 0 aliphatic rings. The van der Waals surface area contributed by atoms with Crippen molar-refractivity contribution < 1.29 is 4.74 Å². The van der Waals surface area contributed by atoms with Crippen molar-refractivity contribution in [1.29, 1.82) is 0 Å². The van der Waals surface area contributed by atoms with Crippen molar-refractivity contribution in [2.75, 3.05) is 7.11 Å². The molecule has 2 rings (SSSR count). The Bertz CT molecular complexity index is 471. The fourth-order valence-electron chi connectivity index (χ4n) is 1.78. The summed E-state index contributed by atoms with van der Waals surface area (Å²) in [4.78, 5) is 4.43. The maximum absolute atomic E-state index is 5.13. The molecule has 0 radical (unpaired) electrons. The molecule has 0 saturated carbocycles. The van der Waals surface area contributed by atoms with Gasteiger partial charge in [0.1, 0.15) is 11.6 Å². The molecule has 0 atom stereocenters. The quantitative estimate of drug-likeness (QED) is 0.788. The molecule has 0 aliphatic heterocycles. The molecule has 0 saturated heterocycles. The Morgan fingerprint density at radius 2 is 1.94 bits per heavy atom. The average Bonchev–Trinajstić information content (AvgIpc) is 2.70. The fourth-order valence-corrected chi connectivity index (χ4v) is 1.78. The number of nitrogens with zero attached hydrogens (tertiary/aromatic N) is 2. The van der Waals surface area contributed by atoms with Gasteiger partial charge in [-0.05, 0) is 30.7 Å². The first-order chi connectivity index (χ1) is 7.76. The van der Waals surface area contributed by atoms with E-state index in [1.54, 1.807) is 7.11 Å². The van der Waals surface area contributed by atoms with Gasteiger partial charge in [-0.2, -0.15) is 0 Å². The van der Waals surface area contributed by atoms with Crippen molar-refractivity contribution in [3.8, 4) is 17.1 Å². The molecule has 0 unspecified atom stereocenters. The second-order valence-electron chi connectivity index (χ2n) is 3.71. The first-order valence-electron chi connectivity index (χ1n) is 5.41. The lowest BCUT2D eigenvalue weighted by Crippen LogP contribution is -1.97. The van der Waals surface area contributed by atoms with E-state index in [9.17, 15) is 0 Å². The van der Waals surface area contributed by atoms with Crippen molar-refractivity contribution in [1.82, 2.24) is 9.55 Å². The van der Waals surface area contributed by atoms with Crippen LogP contribution in [0.2, 0.25) is 0 Å². The van der Waals surface area contributed by atoms with Gasteiger partial charge in [-0.15, -0.1) is 0 Å². The van der Waals surface area contributed by atoms with E-state index in [0.717, 1.165) is 23.6 Å². The number of imidazole rings is 1. The first-order valence-corrected chi connectivity index (χ1v) is 5.41. The van der Waals surface area contributed by atoms with Gasteiger partial charge in [0.2, 0.25) is 0 Å². The Kier molecular flexibility index (Phi) is 2.95. The van der Waals surface area contributed by atoms with Crippen LogP contribution in [0.1, 0.15) is 12.6 Å². The van der Waals surface area contributed by atoms with Gasteiger partial charge in [0.25, 0.3) is 0 Å². The fraction of sp³-hybridized carbons (Fsp3) is 0.308.